The molecule has 30 heavy (non-hydrogen) atoms. The van der Waals surface area contributed by atoms with Gasteiger partial charge in [-0.25, -0.2) is 9.18 Å². The van der Waals surface area contributed by atoms with Crippen molar-refractivity contribution >= 4 is 23.5 Å². The molecule has 1 atom stereocenters. The molecular formula is C23H25ClFN3O2. The molecule has 0 aromatic heterocycles. The van der Waals surface area contributed by atoms with Crippen molar-refractivity contribution < 1.29 is 14.0 Å². The number of rotatable bonds is 5. The van der Waals surface area contributed by atoms with Crippen LogP contribution in [0.25, 0.3) is 0 Å². The Morgan fingerprint density at radius 1 is 1.23 bits per heavy atom. The van der Waals surface area contributed by atoms with E-state index in [0.717, 1.165) is 30.4 Å². The minimum Gasteiger partial charge on any atom is -0.340 e. The topological polar surface area (TPSA) is 52.7 Å². The zero-order valence-electron chi connectivity index (χ0n) is 16.9. The molecule has 2 aromatic carbocycles. The van der Waals surface area contributed by atoms with Gasteiger partial charge in [0, 0.05) is 25.2 Å². The van der Waals surface area contributed by atoms with Crippen LogP contribution in [0.3, 0.4) is 0 Å². The van der Waals surface area contributed by atoms with E-state index in [2.05, 4.69) is 5.32 Å². The molecule has 2 aliphatic rings. The number of hydrogen-bond acceptors (Lipinski definition) is 2. The van der Waals surface area contributed by atoms with Gasteiger partial charge in [0.15, 0.2) is 0 Å². The number of amides is 3. The van der Waals surface area contributed by atoms with E-state index in [9.17, 15) is 14.0 Å². The summed E-state index contributed by atoms with van der Waals surface area (Å²) in [6.45, 7) is 0.992. The smallest absolute Gasteiger partial charge is 0.318 e. The molecule has 7 heteroatoms. The largest absolute Gasteiger partial charge is 0.340 e. The highest BCUT2D eigenvalue weighted by atomic mass is 35.5. The van der Waals surface area contributed by atoms with E-state index in [1.165, 1.54) is 12.1 Å². The molecule has 1 unspecified atom stereocenters. The third kappa shape index (κ3) is 4.29. The maximum absolute atomic E-state index is 13.6. The van der Waals surface area contributed by atoms with Crippen LogP contribution in [0.5, 0.6) is 0 Å². The summed E-state index contributed by atoms with van der Waals surface area (Å²) in [5.74, 6) is -0.390. The average molecular weight is 430 g/mol. The van der Waals surface area contributed by atoms with E-state index >= 15 is 0 Å². The number of carbonyl (C=O) groups is 2. The molecule has 0 radical (unpaired) electrons. The van der Waals surface area contributed by atoms with Gasteiger partial charge in [-0.1, -0.05) is 35.9 Å². The Balaban J connectivity index is 1.42. The second-order valence-electron chi connectivity index (χ2n) is 8.19. The van der Waals surface area contributed by atoms with Gasteiger partial charge in [-0.3, -0.25) is 4.79 Å². The van der Waals surface area contributed by atoms with Gasteiger partial charge in [0.1, 0.15) is 11.9 Å². The number of halogens is 2. The normalized spacial score (nSPS) is 19.4. The lowest BCUT2D eigenvalue weighted by atomic mass is 10.1. The number of nitrogens with zero attached hydrogens (tertiary/aromatic N) is 2. The lowest BCUT2D eigenvalue weighted by molar-refractivity contribution is -0.134. The number of nitrogens with one attached hydrogen (secondary N) is 1. The van der Waals surface area contributed by atoms with Crippen LogP contribution in [-0.4, -0.2) is 41.4 Å². The van der Waals surface area contributed by atoms with E-state index < -0.39 is 11.6 Å². The molecule has 3 amide bonds. The van der Waals surface area contributed by atoms with Crippen LogP contribution in [0.2, 0.25) is 5.02 Å². The van der Waals surface area contributed by atoms with Crippen LogP contribution in [0.1, 0.15) is 36.8 Å². The summed E-state index contributed by atoms with van der Waals surface area (Å²) in [5, 5.41) is 3.72. The lowest BCUT2D eigenvalue weighted by Crippen LogP contribution is -2.51. The molecule has 0 spiro atoms. The Bertz CT molecular complexity index is 946. The van der Waals surface area contributed by atoms with Gasteiger partial charge in [-0.15, -0.1) is 0 Å². The summed E-state index contributed by atoms with van der Waals surface area (Å²) in [6, 6.07) is 13.0. The fraction of sp³-hybridized carbons (Fsp3) is 0.391. The first-order valence-corrected chi connectivity index (χ1v) is 10.6. The molecule has 1 aliphatic heterocycles. The number of urea groups is 1. The van der Waals surface area contributed by atoms with Crippen molar-refractivity contribution in [3.8, 4) is 0 Å². The Labute approximate surface area is 180 Å². The maximum Gasteiger partial charge on any atom is 0.318 e. The van der Waals surface area contributed by atoms with Crippen molar-refractivity contribution in [3.05, 3.63) is 70.5 Å². The molecule has 0 bridgehead atoms. The van der Waals surface area contributed by atoms with Crippen LogP contribution < -0.4 is 5.32 Å². The van der Waals surface area contributed by atoms with E-state index in [1.807, 2.05) is 18.2 Å². The number of carbonyl (C=O) groups excluding carboxylic acids is 2. The first-order valence-electron chi connectivity index (χ1n) is 10.2. The third-order valence-corrected chi connectivity index (χ3v) is 6.23. The molecule has 158 valence electrons. The first kappa shape index (κ1) is 20.7. The maximum atomic E-state index is 13.6. The zero-order chi connectivity index (χ0) is 21.3. The first-order chi connectivity index (χ1) is 14.4. The van der Waals surface area contributed by atoms with Gasteiger partial charge < -0.3 is 15.1 Å². The average Bonchev–Trinajstić information content (AvgIpc) is 3.34. The lowest BCUT2D eigenvalue weighted by Gasteiger charge is -2.30. The summed E-state index contributed by atoms with van der Waals surface area (Å²) >= 11 is 5.93. The fourth-order valence-corrected chi connectivity index (χ4v) is 4.26. The summed E-state index contributed by atoms with van der Waals surface area (Å²) in [4.78, 5) is 29.4. The molecule has 2 aromatic rings. The number of likely N-dealkylation sites (N-methyl/N-ethyl adjacent to an activating group) is 1. The van der Waals surface area contributed by atoms with Crippen molar-refractivity contribution in [3.63, 3.8) is 0 Å². The van der Waals surface area contributed by atoms with Crippen LogP contribution in [0, 0.1) is 5.82 Å². The minimum absolute atomic E-state index is 0.0757. The van der Waals surface area contributed by atoms with Crippen LogP contribution in [0.15, 0.2) is 48.5 Å². The molecule has 2 fully saturated rings. The van der Waals surface area contributed by atoms with E-state index in [0.29, 0.717) is 24.5 Å². The Hall–Kier alpha value is -2.60. The predicted molar refractivity (Wildman–Crippen MR) is 113 cm³/mol. The highest BCUT2D eigenvalue weighted by molar-refractivity contribution is 6.30. The Morgan fingerprint density at radius 3 is 2.63 bits per heavy atom. The van der Waals surface area contributed by atoms with Gasteiger partial charge in [-0.05, 0) is 61.1 Å². The second-order valence-corrected chi connectivity index (χ2v) is 8.63. The summed E-state index contributed by atoms with van der Waals surface area (Å²) in [5.41, 5.74) is 1.23. The Morgan fingerprint density at radius 2 is 1.97 bits per heavy atom. The molecule has 5 nitrogen and oxygen atoms in total. The van der Waals surface area contributed by atoms with Gasteiger partial charge in [0.25, 0.3) is 0 Å². The second kappa shape index (κ2) is 8.26. The van der Waals surface area contributed by atoms with Gasteiger partial charge in [0.05, 0.1) is 5.54 Å². The molecule has 1 heterocycles. The zero-order valence-corrected chi connectivity index (χ0v) is 17.7. The van der Waals surface area contributed by atoms with Crippen molar-refractivity contribution in [2.45, 2.75) is 43.8 Å². The molecule has 1 aliphatic carbocycles. The minimum atomic E-state index is -0.523. The van der Waals surface area contributed by atoms with Crippen molar-refractivity contribution in [1.29, 1.82) is 0 Å². The molecular weight excluding hydrogens is 405 g/mol. The molecule has 4 rings (SSSR count). The van der Waals surface area contributed by atoms with Crippen LogP contribution >= 0.6 is 11.6 Å². The van der Waals surface area contributed by atoms with Crippen LogP contribution in [0.4, 0.5) is 9.18 Å². The van der Waals surface area contributed by atoms with E-state index in [4.69, 9.17) is 11.6 Å². The third-order valence-electron chi connectivity index (χ3n) is 5.98. The Kier molecular flexibility index (Phi) is 5.69. The van der Waals surface area contributed by atoms with Gasteiger partial charge in [-0.2, -0.15) is 0 Å². The highest BCUT2D eigenvalue weighted by Crippen LogP contribution is 2.46. The van der Waals surface area contributed by atoms with Crippen molar-refractivity contribution in [2.75, 3.05) is 13.6 Å². The fourth-order valence-electron chi connectivity index (χ4n) is 4.14. The summed E-state index contributed by atoms with van der Waals surface area (Å²) in [7, 11) is 1.75. The summed E-state index contributed by atoms with van der Waals surface area (Å²) in [6.07, 6.45) is 2.96. The molecule has 1 saturated heterocycles. The number of likely N-dealkylation sites (tertiary alicyclic amines) is 1. The predicted octanol–water partition coefficient (Wildman–Crippen LogP) is 4.30. The number of hydrogen-bond donors (Lipinski definition) is 1. The van der Waals surface area contributed by atoms with Crippen molar-refractivity contribution in [1.82, 2.24) is 15.1 Å². The SMILES string of the molecule is CN(Cc1ccc(Cl)cc1)C(=O)C1CCCN1C(=O)NC1(c2cccc(F)c2)CC1. The quantitative estimate of drug-likeness (QED) is 0.770. The monoisotopic (exact) mass is 429 g/mol. The van der Waals surface area contributed by atoms with Crippen LogP contribution in [-0.2, 0) is 16.9 Å². The highest BCUT2D eigenvalue weighted by Gasteiger charge is 2.48. The van der Waals surface area contributed by atoms with E-state index in [-0.39, 0.29) is 17.8 Å². The summed E-state index contributed by atoms with van der Waals surface area (Å²) < 4.78 is 13.6. The van der Waals surface area contributed by atoms with Gasteiger partial charge >= 0.3 is 6.03 Å². The standard InChI is InChI=1S/C23H25ClFN3O2/c1-27(15-16-7-9-18(24)10-8-16)21(29)20-6-3-13-28(20)22(30)26-23(11-12-23)17-4-2-5-19(25)14-17/h2,4-5,7-10,14,20H,3,6,11-13,15H2,1H3,(H,26,30). The molecule has 1 saturated carbocycles. The number of benzene rings is 2. The van der Waals surface area contributed by atoms with Gasteiger partial charge in [0.2, 0.25) is 5.91 Å². The van der Waals surface area contributed by atoms with Crippen molar-refractivity contribution in [2.24, 2.45) is 0 Å². The molecule has 1 N–H and O–H groups in total. The van der Waals surface area contributed by atoms with E-state index in [1.54, 1.807) is 35.0 Å².